The zero-order valence-electron chi connectivity index (χ0n) is 7.78. The molecule has 0 aliphatic carbocycles. The number of para-hydroxylation sites is 1. The summed E-state index contributed by atoms with van der Waals surface area (Å²) in [4.78, 5) is 10.2. The molecule has 0 saturated heterocycles. The van der Waals surface area contributed by atoms with Crippen molar-refractivity contribution in [1.82, 2.24) is 5.32 Å². The number of carbonyl (C=O) groups is 1. The number of benzene rings is 1. The van der Waals surface area contributed by atoms with Crippen molar-refractivity contribution in [2.24, 2.45) is 0 Å². The molecule has 70 valence electrons. The molecular formula is C10H13NO2. The number of ether oxygens (including phenoxy) is 1. The molecule has 0 aromatic heterocycles. The maximum Gasteiger partial charge on any atom is 0.207 e. The van der Waals surface area contributed by atoms with Crippen molar-refractivity contribution in [2.75, 3.05) is 7.11 Å². The van der Waals surface area contributed by atoms with E-state index < -0.39 is 0 Å². The van der Waals surface area contributed by atoms with Gasteiger partial charge in [0.15, 0.2) is 0 Å². The van der Waals surface area contributed by atoms with Gasteiger partial charge < -0.3 is 10.1 Å². The average Bonchev–Trinajstić information content (AvgIpc) is 2.18. The fourth-order valence-corrected chi connectivity index (χ4v) is 1.22. The van der Waals surface area contributed by atoms with Gasteiger partial charge in [0, 0.05) is 5.56 Å². The van der Waals surface area contributed by atoms with Gasteiger partial charge in [-0.15, -0.1) is 0 Å². The second kappa shape index (κ2) is 4.50. The Balaban J connectivity index is 2.91. The highest BCUT2D eigenvalue weighted by atomic mass is 16.5. The highest BCUT2D eigenvalue weighted by Gasteiger charge is 2.08. The predicted octanol–water partition coefficient (Wildman–Crippen LogP) is 1.50. The fourth-order valence-electron chi connectivity index (χ4n) is 1.22. The third-order valence-corrected chi connectivity index (χ3v) is 1.92. The van der Waals surface area contributed by atoms with Gasteiger partial charge in [0.25, 0.3) is 0 Å². The average molecular weight is 179 g/mol. The summed E-state index contributed by atoms with van der Waals surface area (Å²) in [5.41, 5.74) is 0.983. The van der Waals surface area contributed by atoms with Crippen molar-refractivity contribution in [3.63, 3.8) is 0 Å². The number of amides is 1. The van der Waals surface area contributed by atoms with E-state index in [2.05, 4.69) is 5.32 Å². The van der Waals surface area contributed by atoms with Crippen LogP contribution < -0.4 is 10.1 Å². The summed E-state index contributed by atoms with van der Waals surface area (Å²) in [6, 6.07) is 7.60. The van der Waals surface area contributed by atoms with Crippen molar-refractivity contribution >= 4 is 6.41 Å². The summed E-state index contributed by atoms with van der Waals surface area (Å²) < 4.78 is 5.16. The number of nitrogens with one attached hydrogen (secondary N) is 1. The van der Waals surface area contributed by atoms with Gasteiger partial charge in [-0.25, -0.2) is 0 Å². The Bertz CT molecular complexity index is 286. The first kappa shape index (κ1) is 9.58. The lowest BCUT2D eigenvalue weighted by Gasteiger charge is -2.14. The Hall–Kier alpha value is -1.51. The standard InChI is InChI=1S/C10H13NO2/c1-8(11-7-12)9-5-3-4-6-10(9)13-2/h3-8H,1-2H3,(H,11,12). The maximum absolute atomic E-state index is 10.2. The first-order valence-electron chi connectivity index (χ1n) is 4.12. The zero-order valence-corrected chi connectivity index (χ0v) is 7.78. The lowest BCUT2D eigenvalue weighted by atomic mass is 10.1. The Morgan fingerprint density at radius 2 is 2.15 bits per heavy atom. The monoisotopic (exact) mass is 179 g/mol. The van der Waals surface area contributed by atoms with Crippen LogP contribution in [0.15, 0.2) is 24.3 Å². The third kappa shape index (κ3) is 2.21. The predicted molar refractivity (Wildman–Crippen MR) is 50.6 cm³/mol. The van der Waals surface area contributed by atoms with Crippen molar-refractivity contribution in [3.8, 4) is 5.75 Å². The summed E-state index contributed by atoms with van der Waals surface area (Å²) in [7, 11) is 1.62. The van der Waals surface area contributed by atoms with E-state index in [1.165, 1.54) is 0 Å². The van der Waals surface area contributed by atoms with Crippen LogP contribution in [0, 0.1) is 0 Å². The molecule has 0 heterocycles. The van der Waals surface area contributed by atoms with Crippen molar-refractivity contribution < 1.29 is 9.53 Å². The van der Waals surface area contributed by atoms with Crippen LogP contribution in [0.25, 0.3) is 0 Å². The molecule has 0 fully saturated rings. The molecule has 1 N–H and O–H groups in total. The van der Waals surface area contributed by atoms with E-state index in [1.54, 1.807) is 7.11 Å². The number of methoxy groups -OCH3 is 1. The summed E-state index contributed by atoms with van der Waals surface area (Å²) >= 11 is 0. The molecule has 3 heteroatoms. The van der Waals surface area contributed by atoms with Crippen LogP contribution in [0.3, 0.4) is 0 Å². The molecule has 1 aromatic rings. The molecule has 0 radical (unpaired) electrons. The van der Waals surface area contributed by atoms with Gasteiger partial charge in [0.1, 0.15) is 5.75 Å². The number of hydrogen-bond acceptors (Lipinski definition) is 2. The van der Waals surface area contributed by atoms with E-state index in [1.807, 2.05) is 31.2 Å². The van der Waals surface area contributed by atoms with Gasteiger partial charge in [-0.1, -0.05) is 18.2 Å². The van der Waals surface area contributed by atoms with Crippen molar-refractivity contribution in [3.05, 3.63) is 29.8 Å². The first-order chi connectivity index (χ1) is 6.29. The molecule has 1 amide bonds. The second-order valence-corrected chi connectivity index (χ2v) is 2.75. The SMILES string of the molecule is COc1ccccc1C(C)NC=O. The number of hydrogen-bond donors (Lipinski definition) is 1. The van der Waals surface area contributed by atoms with E-state index in [9.17, 15) is 4.79 Å². The van der Waals surface area contributed by atoms with Gasteiger partial charge >= 0.3 is 0 Å². The van der Waals surface area contributed by atoms with Gasteiger partial charge in [0.05, 0.1) is 13.2 Å². The molecule has 1 rings (SSSR count). The van der Waals surface area contributed by atoms with E-state index in [4.69, 9.17) is 4.74 Å². The van der Waals surface area contributed by atoms with E-state index in [0.717, 1.165) is 11.3 Å². The summed E-state index contributed by atoms with van der Waals surface area (Å²) in [5, 5.41) is 2.68. The molecule has 0 bridgehead atoms. The molecule has 1 atom stereocenters. The maximum atomic E-state index is 10.2. The van der Waals surface area contributed by atoms with E-state index >= 15 is 0 Å². The van der Waals surface area contributed by atoms with E-state index in [-0.39, 0.29) is 6.04 Å². The molecule has 0 saturated carbocycles. The quantitative estimate of drug-likeness (QED) is 0.711. The first-order valence-corrected chi connectivity index (χ1v) is 4.12. The van der Waals surface area contributed by atoms with Crippen molar-refractivity contribution in [2.45, 2.75) is 13.0 Å². The van der Waals surface area contributed by atoms with Gasteiger partial charge in [-0.05, 0) is 13.0 Å². The zero-order chi connectivity index (χ0) is 9.68. The van der Waals surface area contributed by atoms with Crippen LogP contribution in [-0.4, -0.2) is 13.5 Å². The summed E-state index contributed by atoms with van der Waals surface area (Å²) in [6.07, 6.45) is 0.692. The third-order valence-electron chi connectivity index (χ3n) is 1.92. The molecule has 1 unspecified atom stereocenters. The molecule has 3 nitrogen and oxygen atoms in total. The molecular weight excluding hydrogens is 166 g/mol. The highest BCUT2D eigenvalue weighted by molar-refractivity contribution is 5.49. The lowest BCUT2D eigenvalue weighted by Crippen LogP contribution is -2.16. The van der Waals surface area contributed by atoms with Crippen LogP contribution in [0.5, 0.6) is 5.75 Å². The van der Waals surface area contributed by atoms with Crippen LogP contribution in [0.2, 0.25) is 0 Å². The second-order valence-electron chi connectivity index (χ2n) is 2.75. The topological polar surface area (TPSA) is 38.3 Å². The van der Waals surface area contributed by atoms with Gasteiger partial charge in [-0.3, -0.25) is 4.79 Å². The lowest BCUT2D eigenvalue weighted by molar-refractivity contribution is -0.110. The Morgan fingerprint density at radius 1 is 1.46 bits per heavy atom. The largest absolute Gasteiger partial charge is 0.496 e. The highest BCUT2D eigenvalue weighted by Crippen LogP contribution is 2.23. The van der Waals surface area contributed by atoms with Gasteiger partial charge in [-0.2, -0.15) is 0 Å². The minimum Gasteiger partial charge on any atom is -0.496 e. The summed E-state index contributed by atoms with van der Waals surface area (Å²) in [6.45, 7) is 1.91. The minimum atomic E-state index is -0.0198. The molecule has 0 aliphatic rings. The fraction of sp³-hybridized carbons (Fsp3) is 0.300. The Morgan fingerprint density at radius 3 is 2.77 bits per heavy atom. The Kier molecular flexibility index (Phi) is 3.31. The van der Waals surface area contributed by atoms with Gasteiger partial charge in [0.2, 0.25) is 6.41 Å². The molecule has 0 spiro atoms. The summed E-state index contributed by atoms with van der Waals surface area (Å²) in [5.74, 6) is 0.796. The smallest absolute Gasteiger partial charge is 0.207 e. The van der Waals surface area contributed by atoms with Crippen LogP contribution in [0.1, 0.15) is 18.5 Å². The Labute approximate surface area is 77.7 Å². The van der Waals surface area contributed by atoms with E-state index in [0.29, 0.717) is 6.41 Å². The normalized spacial score (nSPS) is 11.8. The molecule has 13 heavy (non-hydrogen) atoms. The number of rotatable bonds is 4. The molecule has 1 aromatic carbocycles. The molecule has 0 aliphatic heterocycles. The number of carbonyl (C=O) groups excluding carboxylic acids is 1. The van der Waals surface area contributed by atoms with Crippen molar-refractivity contribution in [1.29, 1.82) is 0 Å². The van der Waals surface area contributed by atoms with Crippen LogP contribution >= 0.6 is 0 Å². The minimum absolute atomic E-state index is 0.0198. The van der Waals surface area contributed by atoms with Crippen LogP contribution in [-0.2, 0) is 4.79 Å². The van der Waals surface area contributed by atoms with Crippen LogP contribution in [0.4, 0.5) is 0 Å².